The number of carboxylic acids is 2. The normalized spacial score (nSPS) is 14.9. The largest absolute Gasteiger partial charge is 0.477 e. The fraction of sp³-hybridized carbons (Fsp3) is 0.0870. The number of aromatic nitrogens is 2. The van der Waals surface area contributed by atoms with Gasteiger partial charge in [0.15, 0.2) is 5.71 Å². The van der Waals surface area contributed by atoms with Crippen LogP contribution in [0, 0.1) is 0 Å². The third kappa shape index (κ3) is 5.70. The maximum atomic E-state index is 13.1. The Morgan fingerprint density at radius 2 is 1.54 bits per heavy atom. The molecule has 0 unspecified atom stereocenters. The van der Waals surface area contributed by atoms with Gasteiger partial charge in [-0.05, 0) is 49.2 Å². The van der Waals surface area contributed by atoms with E-state index in [1.165, 1.54) is 12.1 Å². The lowest BCUT2D eigenvalue weighted by Crippen LogP contribution is -2.22. The zero-order chi connectivity index (χ0) is 30.3. The summed E-state index contributed by atoms with van der Waals surface area (Å²) < 4.78 is 65.3. The van der Waals surface area contributed by atoms with E-state index < -0.39 is 70.4 Å². The van der Waals surface area contributed by atoms with Crippen LogP contribution in [0.4, 0.5) is 5.69 Å². The van der Waals surface area contributed by atoms with Gasteiger partial charge < -0.3 is 10.2 Å². The fourth-order valence-electron chi connectivity index (χ4n) is 3.96. The number of nitrogens with zero attached hydrogens (tertiary/aromatic N) is 3. The van der Waals surface area contributed by atoms with Crippen LogP contribution in [0.15, 0.2) is 79.9 Å². The molecule has 2 aromatic carbocycles. The van der Waals surface area contributed by atoms with Crippen molar-refractivity contribution in [3.05, 3.63) is 81.8 Å². The second-order valence-corrected chi connectivity index (χ2v) is 11.2. The molecule has 1 aliphatic heterocycles. The highest BCUT2D eigenvalue weighted by Crippen LogP contribution is 2.26. The molecule has 4 rings (SSSR count). The lowest BCUT2D eigenvalue weighted by Gasteiger charge is -2.11. The van der Waals surface area contributed by atoms with Crippen LogP contribution < -0.4 is 10.6 Å². The molecule has 1 aromatic heterocycles. The lowest BCUT2D eigenvalue weighted by molar-refractivity contribution is -0.129. The van der Waals surface area contributed by atoms with Crippen molar-refractivity contribution in [3.63, 3.8) is 0 Å². The van der Waals surface area contributed by atoms with Crippen LogP contribution in [0.25, 0.3) is 5.69 Å². The summed E-state index contributed by atoms with van der Waals surface area (Å²) >= 11 is 0. The van der Waals surface area contributed by atoms with Gasteiger partial charge in [-0.1, -0.05) is 18.2 Å². The van der Waals surface area contributed by atoms with E-state index >= 15 is 0 Å². The number of aliphatic carboxylic acids is 1. The number of hydrogen-bond donors (Lipinski definition) is 5. The smallest absolute Gasteiger partial charge is 0.357 e. The summed E-state index contributed by atoms with van der Waals surface area (Å²) in [5.74, 6) is -4.08. The number of para-hydroxylation sites is 1. The quantitative estimate of drug-likeness (QED) is 0.167. The van der Waals surface area contributed by atoms with E-state index in [0.717, 1.165) is 42.5 Å². The summed E-state index contributed by atoms with van der Waals surface area (Å²) in [7, 11) is -9.33. The molecule has 1 aliphatic rings. The van der Waals surface area contributed by atoms with Gasteiger partial charge in [-0.25, -0.2) is 14.3 Å². The number of benzene rings is 2. The molecule has 3 aromatic rings. The number of hydrazone groups is 1. The van der Waals surface area contributed by atoms with Crippen molar-refractivity contribution in [1.29, 1.82) is 0 Å². The van der Waals surface area contributed by atoms with Crippen molar-refractivity contribution in [1.82, 2.24) is 9.78 Å². The van der Waals surface area contributed by atoms with Gasteiger partial charge in [0.1, 0.15) is 10.6 Å². The summed E-state index contributed by atoms with van der Waals surface area (Å²) in [4.78, 5) is 48.5. The number of aromatic carboxylic acids is 1. The van der Waals surface area contributed by atoms with Gasteiger partial charge in [-0.2, -0.15) is 26.9 Å². The van der Waals surface area contributed by atoms with Crippen LogP contribution in [0.3, 0.4) is 0 Å². The molecule has 0 spiro atoms. The minimum Gasteiger partial charge on any atom is -0.477 e. The topological polar surface area (TPSA) is 254 Å². The van der Waals surface area contributed by atoms with Gasteiger partial charge >= 0.3 is 11.9 Å². The maximum absolute atomic E-state index is 13.1. The standard InChI is InChI=1S/C23H18N4O12S2/c28-20-14(18(22(30)31)24-26(20)12-8-10-13(11-9-12)40(34,35)36)4-3-5-15-19(23(32)33)25-27(21(15)29)16-6-1-2-7-17(16)41(37,38)39/h1-2,4,6-11,25H,3,5H2,(H,30,31)(H,32,33)(H,34,35,36)(H,37,38,39). The maximum Gasteiger partial charge on any atom is 0.357 e. The second-order valence-electron chi connectivity index (χ2n) is 8.35. The van der Waals surface area contributed by atoms with E-state index in [-0.39, 0.29) is 29.8 Å². The van der Waals surface area contributed by atoms with Crippen LogP contribution in [-0.4, -0.2) is 69.5 Å². The lowest BCUT2D eigenvalue weighted by atomic mass is 10.1. The minimum absolute atomic E-state index is 0.0243. The summed E-state index contributed by atoms with van der Waals surface area (Å²) in [6, 6.07) is 8.95. The number of amides is 1. The number of aromatic amines is 1. The van der Waals surface area contributed by atoms with Gasteiger partial charge in [0.05, 0.1) is 27.4 Å². The molecule has 0 aliphatic carbocycles. The molecular formula is C23H18N4O12S2. The summed E-state index contributed by atoms with van der Waals surface area (Å²) in [6.45, 7) is 0. The number of carboxylic acid groups (broad SMARTS) is 2. The summed E-state index contributed by atoms with van der Waals surface area (Å²) in [6.07, 6.45) is 0.539. The number of allylic oxidation sites excluding steroid dienone is 1. The molecule has 1 amide bonds. The molecule has 0 radical (unpaired) electrons. The predicted molar refractivity (Wildman–Crippen MR) is 138 cm³/mol. The Kier molecular flexibility index (Phi) is 7.50. The monoisotopic (exact) mass is 606 g/mol. The molecular weight excluding hydrogens is 588 g/mol. The van der Waals surface area contributed by atoms with Crippen LogP contribution in [0.2, 0.25) is 0 Å². The summed E-state index contributed by atoms with van der Waals surface area (Å²) in [5, 5.41) is 25.9. The Balaban J connectivity index is 1.67. The minimum atomic E-state index is -4.80. The Hall–Kier alpha value is -4.91. The highest BCUT2D eigenvalue weighted by atomic mass is 32.2. The number of rotatable bonds is 9. The number of carbonyl (C=O) groups excluding carboxylic acids is 1. The first kappa shape index (κ1) is 29.1. The van der Waals surface area contributed by atoms with Crippen LogP contribution >= 0.6 is 0 Å². The molecule has 18 heteroatoms. The van der Waals surface area contributed by atoms with Gasteiger partial charge in [-0.3, -0.25) is 23.8 Å². The highest BCUT2D eigenvalue weighted by molar-refractivity contribution is 7.86. The molecule has 0 fully saturated rings. The van der Waals surface area contributed by atoms with Crippen LogP contribution in [-0.2, 0) is 36.2 Å². The first-order chi connectivity index (χ1) is 19.1. The van der Waals surface area contributed by atoms with Crippen molar-refractivity contribution >= 4 is 49.5 Å². The number of anilines is 1. The average Bonchev–Trinajstić information content (AvgIpc) is 3.40. The van der Waals surface area contributed by atoms with Crippen molar-refractivity contribution in [2.75, 3.05) is 5.01 Å². The summed E-state index contributed by atoms with van der Waals surface area (Å²) in [5.41, 5.74) is -3.37. The van der Waals surface area contributed by atoms with E-state index in [1.54, 1.807) is 0 Å². The van der Waals surface area contributed by atoms with E-state index in [9.17, 15) is 50.8 Å². The van der Waals surface area contributed by atoms with Gasteiger partial charge in [-0.15, -0.1) is 0 Å². The highest BCUT2D eigenvalue weighted by Gasteiger charge is 2.35. The molecule has 214 valence electrons. The zero-order valence-corrected chi connectivity index (χ0v) is 22.0. The first-order valence-electron chi connectivity index (χ1n) is 11.2. The third-order valence-electron chi connectivity index (χ3n) is 5.79. The van der Waals surface area contributed by atoms with Crippen molar-refractivity contribution < 1.29 is 50.5 Å². The Morgan fingerprint density at radius 1 is 0.902 bits per heavy atom. The molecule has 2 heterocycles. The van der Waals surface area contributed by atoms with Crippen LogP contribution in [0.5, 0.6) is 0 Å². The number of H-pyrrole nitrogens is 1. The molecule has 0 saturated heterocycles. The second kappa shape index (κ2) is 10.6. The van der Waals surface area contributed by atoms with Gasteiger partial charge in [0, 0.05) is 0 Å². The Morgan fingerprint density at radius 3 is 2.10 bits per heavy atom. The number of hydrogen-bond acceptors (Lipinski definition) is 9. The molecule has 41 heavy (non-hydrogen) atoms. The number of nitrogens with one attached hydrogen (secondary N) is 1. The van der Waals surface area contributed by atoms with Crippen molar-refractivity contribution in [3.8, 4) is 5.69 Å². The predicted octanol–water partition coefficient (Wildman–Crippen LogP) is 0.704. The number of carbonyl (C=O) groups is 3. The van der Waals surface area contributed by atoms with Crippen LogP contribution in [0.1, 0.15) is 22.5 Å². The van der Waals surface area contributed by atoms with E-state index in [4.69, 9.17) is 4.55 Å². The van der Waals surface area contributed by atoms with E-state index in [2.05, 4.69) is 10.2 Å². The van der Waals surface area contributed by atoms with Gasteiger partial charge in [0.2, 0.25) is 0 Å². The molecule has 0 bridgehead atoms. The fourth-order valence-corrected chi connectivity index (χ4v) is 5.12. The van der Waals surface area contributed by atoms with Crippen molar-refractivity contribution in [2.45, 2.75) is 22.6 Å². The van der Waals surface area contributed by atoms with E-state index in [1.807, 2.05) is 0 Å². The Labute approximate surface area is 229 Å². The zero-order valence-electron chi connectivity index (χ0n) is 20.3. The van der Waals surface area contributed by atoms with E-state index in [0.29, 0.717) is 9.69 Å². The average molecular weight is 607 g/mol. The molecule has 0 saturated carbocycles. The van der Waals surface area contributed by atoms with Crippen molar-refractivity contribution in [2.24, 2.45) is 5.10 Å². The SMILES string of the molecule is O=C(O)C1=NN(c2ccc(S(=O)(=O)O)cc2)C(=O)C1=CCCc1c(C(=O)O)[nH]n(-c2ccccc2S(=O)(=O)O)c1=O. The van der Waals surface area contributed by atoms with Gasteiger partial charge in [0.25, 0.3) is 31.7 Å². The third-order valence-corrected chi connectivity index (χ3v) is 7.56. The first-order valence-corrected chi connectivity index (χ1v) is 14.1. The Bertz CT molecular complexity index is 1940. The molecule has 0 atom stereocenters. The molecule has 16 nitrogen and oxygen atoms in total. The molecule has 5 N–H and O–H groups in total.